The highest BCUT2D eigenvalue weighted by molar-refractivity contribution is 5.87. The molecule has 1 aliphatic carbocycles. The molecule has 4 nitrogen and oxygen atoms in total. The number of hydrogen-bond acceptors (Lipinski definition) is 2. The molecular formula is C16H17F2NO3. The van der Waals surface area contributed by atoms with Crippen LogP contribution in [0.15, 0.2) is 18.2 Å². The number of carboxylic acid groups (broad SMARTS) is 1. The van der Waals surface area contributed by atoms with Gasteiger partial charge in [0.05, 0.1) is 0 Å². The van der Waals surface area contributed by atoms with Crippen molar-refractivity contribution in [1.82, 2.24) is 4.90 Å². The highest BCUT2D eigenvalue weighted by Crippen LogP contribution is 2.49. The van der Waals surface area contributed by atoms with E-state index in [4.69, 9.17) is 0 Å². The van der Waals surface area contributed by atoms with Crippen LogP contribution in [-0.4, -0.2) is 34.5 Å². The first-order valence-corrected chi connectivity index (χ1v) is 7.47. The van der Waals surface area contributed by atoms with Crippen molar-refractivity contribution in [3.8, 4) is 0 Å². The molecule has 0 aromatic heterocycles. The third-order valence-corrected chi connectivity index (χ3v) is 4.55. The zero-order chi connectivity index (χ0) is 15.9. The molecule has 3 rings (SSSR count). The summed E-state index contributed by atoms with van der Waals surface area (Å²) < 4.78 is 26.2. The van der Waals surface area contributed by atoms with Crippen molar-refractivity contribution in [3.63, 3.8) is 0 Å². The van der Waals surface area contributed by atoms with E-state index in [0.29, 0.717) is 24.9 Å². The van der Waals surface area contributed by atoms with Crippen LogP contribution >= 0.6 is 0 Å². The third-order valence-electron chi connectivity index (χ3n) is 4.55. The second-order valence-corrected chi connectivity index (χ2v) is 6.00. The Balaban J connectivity index is 1.71. The van der Waals surface area contributed by atoms with Crippen LogP contribution in [0.2, 0.25) is 0 Å². The fourth-order valence-corrected chi connectivity index (χ4v) is 3.24. The smallest absolute Gasteiger partial charge is 0.326 e. The van der Waals surface area contributed by atoms with Crippen LogP contribution in [-0.2, 0) is 9.59 Å². The minimum Gasteiger partial charge on any atom is -0.480 e. The van der Waals surface area contributed by atoms with Gasteiger partial charge >= 0.3 is 5.97 Å². The maximum absolute atomic E-state index is 13.3. The summed E-state index contributed by atoms with van der Waals surface area (Å²) >= 11 is 0. The lowest BCUT2D eigenvalue weighted by molar-refractivity contribution is -0.152. The van der Waals surface area contributed by atoms with Crippen LogP contribution < -0.4 is 0 Å². The van der Waals surface area contributed by atoms with E-state index in [0.717, 1.165) is 25.0 Å². The van der Waals surface area contributed by atoms with Gasteiger partial charge in [0.2, 0.25) is 5.91 Å². The molecule has 1 saturated carbocycles. The molecule has 1 saturated heterocycles. The van der Waals surface area contributed by atoms with Gasteiger partial charge in [-0.1, -0.05) is 6.07 Å². The number of carbonyl (C=O) groups excluding carboxylic acids is 1. The number of benzene rings is 1. The Hall–Kier alpha value is -1.98. The largest absolute Gasteiger partial charge is 0.480 e. The molecule has 2 fully saturated rings. The number of hydrogen-bond donors (Lipinski definition) is 1. The first-order valence-electron chi connectivity index (χ1n) is 7.47. The second kappa shape index (κ2) is 5.66. The second-order valence-electron chi connectivity index (χ2n) is 6.00. The van der Waals surface area contributed by atoms with E-state index in [1.807, 2.05) is 0 Å². The van der Waals surface area contributed by atoms with Crippen LogP contribution in [0, 0.1) is 17.6 Å². The lowest BCUT2D eigenvalue weighted by Crippen LogP contribution is -2.48. The van der Waals surface area contributed by atoms with E-state index >= 15 is 0 Å². The Morgan fingerprint density at radius 1 is 1.18 bits per heavy atom. The number of aliphatic carboxylic acids is 1. The summed E-state index contributed by atoms with van der Waals surface area (Å²) in [6.07, 6.45) is 2.65. The minimum absolute atomic E-state index is 0.140. The minimum atomic E-state index is -0.974. The predicted molar refractivity (Wildman–Crippen MR) is 74.2 cm³/mol. The number of halogens is 2. The average molecular weight is 309 g/mol. The van der Waals surface area contributed by atoms with Crippen LogP contribution in [0.5, 0.6) is 0 Å². The normalized spacial score (nSPS) is 27.5. The van der Waals surface area contributed by atoms with Crippen molar-refractivity contribution in [2.75, 3.05) is 6.54 Å². The van der Waals surface area contributed by atoms with E-state index in [1.54, 1.807) is 0 Å². The molecule has 6 heteroatoms. The van der Waals surface area contributed by atoms with E-state index in [1.165, 1.54) is 11.0 Å². The summed E-state index contributed by atoms with van der Waals surface area (Å²) in [4.78, 5) is 25.2. The predicted octanol–water partition coefficient (Wildman–Crippen LogP) is 2.53. The van der Waals surface area contributed by atoms with Gasteiger partial charge in [-0.25, -0.2) is 13.6 Å². The number of amides is 1. The Bertz CT molecular complexity index is 619. The number of nitrogens with zero attached hydrogens (tertiary/aromatic N) is 1. The maximum Gasteiger partial charge on any atom is 0.326 e. The lowest BCUT2D eigenvalue weighted by Gasteiger charge is -2.33. The summed E-state index contributed by atoms with van der Waals surface area (Å²) in [6, 6.07) is 2.91. The number of rotatable bonds is 3. The zero-order valence-electron chi connectivity index (χ0n) is 12.0. The van der Waals surface area contributed by atoms with Crippen molar-refractivity contribution in [2.45, 2.75) is 37.6 Å². The first-order chi connectivity index (χ1) is 10.5. The highest BCUT2D eigenvalue weighted by atomic mass is 19.2. The summed E-state index contributed by atoms with van der Waals surface area (Å²) in [5, 5.41) is 9.22. The number of carboxylic acids is 1. The van der Waals surface area contributed by atoms with Crippen LogP contribution in [0.4, 0.5) is 8.78 Å². The van der Waals surface area contributed by atoms with Crippen molar-refractivity contribution in [1.29, 1.82) is 0 Å². The summed E-state index contributed by atoms with van der Waals surface area (Å²) in [6.45, 7) is 0.455. The molecule has 0 radical (unpaired) electrons. The lowest BCUT2D eigenvalue weighted by atomic mass is 10.0. The standard InChI is InChI=1S/C16H17F2NO3/c17-12-5-4-9(7-13(12)18)10-8-11(10)15(20)19-6-2-1-3-14(19)16(21)22/h4-5,7,10-11,14H,1-3,6,8H2,(H,21,22)/t10-,11+,14+/m1/s1. The Morgan fingerprint density at radius 3 is 2.64 bits per heavy atom. The number of carbonyl (C=O) groups is 2. The molecule has 3 atom stereocenters. The molecule has 1 aromatic rings. The van der Waals surface area contributed by atoms with Gasteiger partial charge in [-0.2, -0.15) is 0 Å². The van der Waals surface area contributed by atoms with Crippen LogP contribution in [0.25, 0.3) is 0 Å². The van der Waals surface area contributed by atoms with Gasteiger partial charge in [0.25, 0.3) is 0 Å². The third kappa shape index (κ3) is 2.69. The molecule has 0 spiro atoms. The molecule has 1 aromatic carbocycles. The van der Waals surface area contributed by atoms with Crippen LogP contribution in [0.3, 0.4) is 0 Å². The monoisotopic (exact) mass is 309 g/mol. The first kappa shape index (κ1) is 14.9. The Morgan fingerprint density at radius 2 is 1.95 bits per heavy atom. The van der Waals surface area contributed by atoms with Gasteiger partial charge in [-0.3, -0.25) is 4.79 Å². The molecule has 2 aliphatic rings. The number of piperidine rings is 1. The van der Waals surface area contributed by atoms with Gasteiger partial charge in [-0.05, 0) is 49.3 Å². The number of likely N-dealkylation sites (tertiary alicyclic amines) is 1. The van der Waals surface area contributed by atoms with Gasteiger partial charge in [0.15, 0.2) is 11.6 Å². The van der Waals surface area contributed by atoms with Gasteiger partial charge < -0.3 is 10.0 Å². The van der Waals surface area contributed by atoms with Crippen molar-refractivity contribution < 1.29 is 23.5 Å². The van der Waals surface area contributed by atoms with E-state index in [-0.39, 0.29) is 17.7 Å². The molecule has 1 amide bonds. The Kier molecular flexibility index (Phi) is 3.85. The van der Waals surface area contributed by atoms with Gasteiger partial charge in [0.1, 0.15) is 6.04 Å². The molecular weight excluding hydrogens is 292 g/mol. The fourth-order valence-electron chi connectivity index (χ4n) is 3.24. The SMILES string of the molecule is O=C(O)[C@@H]1CCCCN1C(=O)[C@H]1C[C@@H]1c1ccc(F)c(F)c1. The maximum atomic E-state index is 13.3. The Labute approximate surface area is 126 Å². The van der Waals surface area contributed by atoms with E-state index < -0.39 is 23.6 Å². The summed E-state index contributed by atoms with van der Waals surface area (Å²) in [5.74, 6) is -3.44. The molecule has 1 heterocycles. The van der Waals surface area contributed by atoms with E-state index in [2.05, 4.69) is 0 Å². The highest BCUT2D eigenvalue weighted by Gasteiger charge is 2.48. The topological polar surface area (TPSA) is 57.6 Å². The van der Waals surface area contributed by atoms with Gasteiger partial charge in [-0.15, -0.1) is 0 Å². The fraction of sp³-hybridized carbons (Fsp3) is 0.500. The molecule has 22 heavy (non-hydrogen) atoms. The van der Waals surface area contributed by atoms with Crippen molar-refractivity contribution in [3.05, 3.63) is 35.4 Å². The van der Waals surface area contributed by atoms with Gasteiger partial charge in [0, 0.05) is 12.5 Å². The van der Waals surface area contributed by atoms with Crippen LogP contribution in [0.1, 0.15) is 37.2 Å². The van der Waals surface area contributed by atoms with Crippen molar-refractivity contribution in [2.24, 2.45) is 5.92 Å². The molecule has 0 bridgehead atoms. The molecule has 1 aliphatic heterocycles. The zero-order valence-corrected chi connectivity index (χ0v) is 12.0. The quantitative estimate of drug-likeness (QED) is 0.933. The summed E-state index contributed by atoms with van der Waals surface area (Å²) in [5.41, 5.74) is 0.598. The van der Waals surface area contributed by atoms with Crippen molar-refractivity contribution >= 4 is 11.9 Å². The summed E-state index contributed by atoms with van der Waals surface area (Å²) in [7, 11) is 0. The molecule has 0 unspecified atom stereocenters. The molecule has 1 N–H and O–H groups in total. The van der Waals surface area contributed by atoms with E-state index in [9.17, 15) is 23.5 Å². The molecule has 118 valence electrons. The average Bonchev–Trinajstić information content (AvgIpc) is 3.30.